The van der Waals surface area contributed by atoms with E-state index in [0.717, 1.165) is 35.1 Å². The zero-order valence-corrected chi connectivity index (χ0v) is 21.0. The predicted octanol–water partition coefficient (Wildman–Crippen LogP) is 5.07. The van der Waals surface area contributed by atoms with Gasteiger partial charge in [-0.25, -0.2) is 0 Å². The molecule has 1 amide bonds. The second-order valence-electron chi connectivity index (χ2n) is 9.79. The van der Waals surface area contributed by atoms with Gasteiger partial charge in [-0.3, -0.25) is 9.59 Å². The van der Waals surface area contributed by atoms with E-state index in [1.165, 1.54) is 11.3 Å². The predicted molar refractivity (Wildman–Crippen MR) is 135 cm³/mol. The third kappa shape index (κ3) is 4.80. The van der Waals surface area contributed by atoms with Crippen LogP contribution in [0.1, 0.15) is 50.2 Å². The van der Waals surface area contributed by atoms with E-state index in [4.69, 9.17) is 9.47 Å². The summed E-state index contributed by atoms with van der Waals surface area (Å²) in [5.41, 5.74) is 0.711. The van der Waals surface area contributed by atoms with E-state index in [0.29, 0.717) is 47.5 Å². The number of benzene rings is 1. The smallest absolute Gasteiger partial charge is 0.267 e. The lowest BCUT2D eigenvalue weighted by Crippen LogP contribution is -2.37. The number of ether oxygens (including phenoxy) is 2. The molecule has 1 unspecified atom stereocenters. The number of carbonyl (C=O) groups is 1. The second kappa shape index (κ2) is 9.85. The van der Waals surface area contributed by atoms with Crippen molar-refractivity contribution in [2.45, 2.75) is 46.6 Å². The van der Waals surface area contributed by atoms with Gasteiger partial charge >= 0.3 is 0 Å². The first kappa shape index (κ1) is 23.8. The van der Waals surface area contributed by atoms with Crippen LogP contribution in [0.2, 0.25) is 0 Å². The van der Waals surface area contributed by atoms with E-state index in [2.05, 4.69) is 27.7 Å². The number of hydrogen-bond donors (Lipinski definition) is 0. The fourth-order valence-electron chi connectivity index (χ4n) is 4.53. The molecule has 4 rings (SSSR count). The van der Waals surface area contributed by atoms with Crippen molar-refractivity contribution in [3.63, 3.8) is 0 Å². The molecule has 3 aromatic rings. The lowest BCUT2D eigenvalue weighted by Gasteiger charge is -2.26. The number of pyridine rings is 1. The first-order chi connectivity index (χ1) is 15.8. The minimum absolute atomic E-state index is 0.00496. The van der Waals surface area contributed by atoms with E-state index in [9.17, 15) is 9.59 Å². The quantitative estimate of drug-likeness (QED) is 0.461. The van der Waals surface area contributed by atoms with Crippen molar-refractivity contribution >= 4 is 38.2 Å². The summed E-state index contributed by atoms with van der Waals surface area (Å²) in [7, 11) is 1.77. The number of fused-ring (bicyclic) bond motifs is 3. The molecule has 0 radical (unpaired) electrons. The maximum atomic E-state index is 13.9. The number of amides is 1. The first-order valence-corrected chi connectivity index (χ1v) is 12.7. The van der Waals surface area contributed by atoms with Crippen LogP contribution in [-0.2, 0) is 11.8 Å². The van der Waals surface area contributed by atoms with Crippen molar-refractivity contribution < 1.29 is 14.3 Å². The van der Waals surface area contributed by atoms with Gasteiger partial charge in [0.15, 0.2) is 5.75 Å². The van der Waals surface area contributed by atoms with Gasteiger partial charge in [0.1, 0.15) is 16.9 Å². The maximum Gasteiger partial charge on any atom is 0.267 e. The molecular formula is C26H34N2O4S. The molecular weight excluding hydrogens is 436 g/mol. The van der Waals surface area contributed by atoms with Gasteiger partial charge in [0.25, 0.3) is 11.5 Å². The zero-order chi connectivity index (χ0) is 23.7. The lowest BCUT2D eigenvalue weighted by atomic mass is 10.1. The molecule has 3 heterocycles. The van der Waals surface area contributed by atoms with Crippen molar-refractivity contribution in [3.8, 4) is 5.75 Å². The summed E-state index contributed by atoms with van der Waals surface area (Å²) in [6.07, 6.45) is 1.93. The molecule has 1 fully saturated rings. The summed E-state index contributed by atoms with van der Waals surface area (Å²) in [5, 5.41) is 1.46. The topological polar surface area (TPSA) is 60.8 Å². The van der Waals surface area contributed by atoms with Gasteiger partial charge in [0.2, 0.25) is 0 Å². The molecule has 2 aromatic heterocycles. The Morgan fingerprint density at radius 1 is 1.21 bits per heavy atom. The Morgan fingerprint density at radius 3 is 2.55 bits per heavy atom. The molecule has 1 aromatic carbocycles. The summed E-state index contributed by atoms with van der Waals surface area (Å²) in [6.45, 7) is 10.9. The molecule has 1 aliphatic rings. The Kier molecular flexibility index (Phi) is 7.10. The van der Waals surface area contributed by atoms with Crippen LogP contribution in [0.3, 0.4) is 0 Å². The van der Waals surface area contributed by atoms with Crippen molar-refractivity contribution in [3.05, 3.63) is 39.5 Å². The number of aromatic nitrogens is 1. The average molecular weight is 471 g/mol. The van der Waals surface area contributed by atoms with Crippen LogP contribution in [0, 0.1) is 11.8 Å². The van der Waals surface area contributed by atoms with Gasteiger partial charge in [-0.15, -0.1) is 11.3 Å². The monoisotopic (exact) mass is 470 g/mol. The molecule has 0 N–H and O–H groups in total. The van der Waals surface area contributed by atoms with Gasteiger partial charge in [-0.05, 0) is 30.7 Å². The van der Waals surface area contributed by atoms with E-state index < -0.39 is 0 Å². The number of nitrogens with zero attached hydrogens (tertiary/aromatic N) is 2. The fraction of sp³-hybridized carbons (Fsp3) is 0.538. The summed E-state index contributed by atoms with van der Waals surface area (Å²) in [5.74, 6) is 1.03. The van der Waals surface area contributed by atoms with E-state index in [1.54, 1.807) is 11.6 Å². The van der Waals surface area contributed by atoms with Crippen LogP contribution in [0.15, 0.2) is 29.1 Å². The highest BCUT2D eigenvalue weighted by Gasteiger charge is 2.29. The third-order valence-electron chi connectivity index (χ3n) is 5.98. The van der Waals surface area contributed by atoms with Crippen molar-refractivity contribution in [2.24, 2.45) is 18.9 Å². The molecule has 1 saturated heterocycles. The first-order valence-electron chi connectivity index (χ1n) is 11.9. The molecule has 0 aliphatic carbocycles. The Balaban J connectivity index is 1.88. The number of rotatable bonds is 8. The van der Waals surface area contributed by atoms with Crippen LogP contribution in [0.25, 0.3) is 21.0 Å². The Morgan fingerprint density at radius 2 is 1.91 bits per heavy atom. The Hall–Kier alpha value is -2.38. The summed E-state index contributed by atoms with van der Waals surface area (Å²) >= 11 is 1.38. The number of carbonyl (C=O) groups excluding carboxylic acids is 1. The summed E-state index contributed by atoms with van der Waals surface area (Å²) in [4.78, 5) is 29.7. The zero-order valence-electron chi connectivity index (χ0n) is 20.2. The highest BCUT2D eigenvalue weighted by atomic mass is 32.1. The van der Waals surface area contributed by atoms with Gasteiger partial charge in [-0.2, -0.15) is 0 Å². The minimum atomic E-state index is -0.138. The van der Waals surface area contributed by atoms with Crippen LogP contribution in [-0.4, -0.2) is 47.8 Å². The number of aryl methyl sites for hydroxylation is 1. The lowest BCUT2D eigenvalue weighted by molar-refractivity contribution is 0.0648. The van der Waals surface area contributed by atoms with E-state index >= 15 is 0 Å². The van der Waals surface area contributed by atoms with Crippen LogP contribution in [0.4, 0.5) is 0 Å². The normalized spacial score (nSPS) is 16.4. The molecule has 0 spiro atoms. The second-order valence-corrected chi connectivity index (χ2v) is 10.8. The molecule has 1 aliphatic heterocycles. The van der Waals surface area contributed by atoms with Gasteiger partial charge in [0.05, 0.1) is 16.3 Å². The van der Waals surface area contributed by atoms with Gasteiger partial charge < -0.3 is 18.9 Å². The molecule has 33 heavy (non-hydrogen) atoms. The number of hydrogen-bond acceptors (Lipinski definition) is 5. The molecule has 0 saturated carbocycles. The summed E-state index contributed by atoms with van der Waals surface area (Å²) < 4.78 is 14.5. The van der Waals surface area contributed by atoms with Crippen molar-refractivity contribution in [1.82, 2.24) is 9.47 Å². The molecule has 178 valence electrons. The van der Waals surface area contributed by atoms with Gasteiger partial charge in [-0.1, -0.05) is 45.9 Å². The minimum Gasteiger partial charge on any atom is -0.488 e. The molecule has 0 bridgehead atoms. The van der Waals surface area contributed by atoms with E-state index in [1.807, 2.05) is 29.2 Å². The molecule has 6 nitrogen and oxygen atoms in total. The maximum absolute atomic E-state index is 13.9. The SMILES string of the molecule is CC(C)CN(CC(C)C)C(=O)c1sc2c(c1OCC1CCCO1)c(=O)n(C)c1ccccc21. The highest BCUT2D eigenvalue weighted by molar-refractivity contribution is 7.22. The molecule has 1 atom stereocenters. The Bertz CT molecular complexity index is 1190. The Labute approximate surface area is 199 Å². The van der Waals surface area contributed by atoms with Crippen LogP contribution < -0.4 is 10.3 Å². The largest absolute Gasteiger partial charge is 0.488 e. The third-order valence-corrected chi connectivity index (χ3v) is 7.18. The number of para-hydroxylation sites is 1. The number of thiophene rings is 1. The summed E-state index contributed by atoms with van der Waals surface area (Å²) in [6, 6.07) is 7.83. The average Bonchev–Trinajstić information content (AvgIpc) is 3.42. The van der Waals surface area contributed by atoms with Gasteiger partial charge in [0, 0.05) is 32.1 Å². The fourth-order valence-corrected chi connectivity index (χ4v) is 5.77. The van der Waals surface area contributed by atoms with Crippen molar-refractivity contribution in [1.29, 1.82) is 0 Å². The van der Waals surface area contributed by atoms with Crippen LogP contribution >= 0.6 is 11.3 Å². The standard InChI is InChI=1S/C26H34N2O4S/c1-16(2)13-28(14-17(3)4)26(30)24-22(32-15-18-9-8-12-31-18)21-23(33-24)19-10-6-7-11-20(19)27(5)25(21)29/h6-7,10-11,16-18H,8-9,12-15H2,1-5H3. The van der Waals surface area contributed by atoms with Crippen molar-refractivity contribution in [2.75, 3.05) is 26.3 Å². The highest BCUT2D eigenvalue weighted by Crippen LogP contribution is 2.40. The molecule has 7 heteroatoms. The van der Waals surface area contributed by atoms with E-state index in [-0.39, 0.29) is 17.6 Å². The van der Waals surface area contributed by atoms with Crippen LogP contribution in [0.5, 0.6) is 5.75 Å².